The van der Waals surface area contributed by atoms with Gasteiger partial charge in [0.1, 0.15) is 5.01 Å². The average molecular weight is 311 g/mol. The number of hydrogen-bond donors (Lipinski definition) is 1. The van der Waals surface area contributed by atoms with Crippen molar-refractivity contribution in [3.05, 3.63) is 16.1 Å². The number of hydrogen-bond acceptors (Lipinski definition) is 6. The lowest BCUT2D eigenvalue weighted by atomic mass is 9.97. The van der Waals surface area contributed by atoms with Gasteiger partial charge in [0.15, 0.2) is 0 Å². The number of carbonyl (C=O) groups excluding carboxylic acids is 2. The highest BCUT2D eigenvalue weighted by atomic mass is 32.1. The lowest BCUT2D eigenvalue weighted by Crippen LogP contribution is -2.41. The van der Waals surface area contributed by atoms with Crippen molar-refractivity contribution < 1.29 is 14.3 Å². The fraction of sp³-hybridized carbons (Fsp3) is 0.643. The highest BCUT2D eigenvalue weighted by Crippen LogP contribution is 2.20. The molecule has 1 unspecified atom stereocenters. The van der Waals surface area contributed by atoms with E-state index in [0.29, 0.717) is 32.4 Å². The van der Waals surface area contributed by atoms with Crippen molar-refractivity contribution >= 4 is 23.2 Å². The first-order valence-corrected chi connectivity index (χ1v) is 7.94. The fourth-order valence-corrected chi connectivity index (χ4v) is 3.19. The zero-order valence-electron chi connectivity index (χ0n) is 12.4. The van der Waals surface area contributed by atoms with Crippen LogP contribution in [0.15, 0.2) is 5.38 Å². The molecule has 1 aliphatic heterocycles. The summed E-state index contributed by atoms with van der Waals surface area (Å²) in [6.07, 6.45) is 1.63. The molecule has 1 aromatic heterocycles. The van der Waals surface area contributed by atoms with E-state index < -0.39 is 0 Å². The Hall–Kier alpha value is -1.47. The zero-order chi connectivity index (χ0) is 15.4. The lowest BCUT2D eigenvalue weighted by Gasteiger charge is -2.30. The van der Waals surface area contributed by atoms with Crippen LogP contribution < -0.4 is 5.73 Å². The summed E-state index contributed by atoms with van der Waals surface area (Å²) < 4.78 is 4.74. The third kappa shape index (κ3) is 4.01. The summed E-state index contributed by atoms with van der Waals surface area (Å²) in [6.45, 7) is 3.08. The van der Waals surface area contributed by atoms with Crippen molar-refractivity contribution in [2.24, 2.45) is 11.7 Å². The summed E-state index contributed by atoms with van der Waals surface area (Å²) in [5, 5.41) is 2.74. The van der Waals surface area contributed by atoms with Gasteiger partial charge in [-0.05, 0) is 19.8 Å². The molecule has 0 spiro atoms. The highest BCUT2D eigenvalue weighted by Gasteiger charge is 2.28. The second-order valence-corrected chi connectivity index (χ2v) is 6.21. The molecule has 1 atom stereocenters. The van der Waals surface area contributed by atoms with Crippen LogP contribution in [0.2, 0.25) is 0 Å². The van der Waals surface area contributed by atoms with E-state index in [0.717, 1.165) is 10.7 Å². The molecule has 1 aromatic rings. The van der Waals surface area contributed by atoms with Crippen LogP contribution in [0, 0.1) is 5.92 Å². The zero-order valence-corrected chi connectivity index (χ0v) is 13.2. The Morgan fingerprint density at radius 1 is 1.52 bits per heavy atom. The van der Waals surface area contributed by atoms with Gasteiger partial charge < -0.3 is 15.4 Å². The maximum Gasteiger partial charge on any atom is 0.308 e. The third-order valence-electron chi connectivity index (χ3n) is 3.67. The van der Waals surface area contributed by atoms with Crippen LogP contribution in [-0.4, -0.2) is 42.0 Å². The summed E-state index contributed by atoms with van der Waals surface area (Å²) in [4.78, 5) is 29.9. The molecular weight excluding hydrogens is 290 g/mol. The van der Waals surface area contributed by atoms with Crippen LogP contribution in [0.25, 0.3) is 0 Å². The minimum absolute atomic E-state index is 0.0554. The topological polar surface area (TPSA) is 85.5 Å². The Labute approximate surface area is 128 Å². The molecule has 0 aliphatic carbocycles. The van der Waals surface area contributed by atoms with Crippen molar-refractivity contribution in [1.29, 1.82) is 0 Å². The molecule has 1 saturated heterocycles. The van der Waals surface area contributed by atoms with E-state index >= 15 is 0 Å². The third-order valence-corrected chi connectivity index (χ3v) is 4.77. The SMILES string of the molecule is COC(=O)C1CCN(C(=O)Cc2csc(C(C)N)n2)CC1. The summed E-state index contributed by atoms with van der Waals surface area (Å²) in [5.74, 6) is -0.203. The number of nitrogens with two attached hydrogens (primary N) is 1. The quantitative estimate of drug-likeness (QED) is 0.842. The molecule has 7 heteroatoms. The average Bonchev–Trinajstić information content (AvgIpc) is 2.95. The van der Waals surface area contributed by atoms with Crippen molar-refractivity contribution in [3.8, 4) is 0 Å². The van der Waals surface area contributed by atoms with Gasteiger partial charge in [0, 0.05) is 18.5 Å². The molecule has 1 aliphatic rings. The number of rotatable bonds is 4. The van der Waals surface area contributed by atoms with Crippen LogP contribution >= 0.6 is 11.3 Å². The van der Waals surface area contributed by atoms with Crippen LogP contribution in [-0.2, 0) is 20.7 Å². The van der Waals surface area contributed by atoms with E-state index in [1.54, 1.807) is 4.90 Å². The summed E-state index contributed by atoms with van der Waals surface area (Å²) in [7, 11) is 1.40. The standard InChI is InChI=1S/C14H21N3O3S/c1-9(15)13-16-11(8-21-13)7-12(18)17-5-3-10(4-6-17)14(19)20-2/h8-10H,3-7,15H2,1-2H3. The minimum atomic E-state index is -0.178. The molecule has 0 saturated carbocycles. The predicted molar refractivity (Wildman–Crippen MR) is 79.7 cm³/mol. The Morgan fingerprint density at radius 3 is 2.71 bits per heavy atom. The van der Waals surface area contributed by atoms with Gasteiger partial charge in [-0.25, -0.2) is 4.98 Å². The van der Waals surface area contributed by atoms with E-state index in [1.807, 2.05) is 12.3 Å². The normalized spacial score (nSPS) is 17.6. The van der Waals surface area contributed by atoms with Gasteiger partial charge >= 0.3 is 5.97 Å². The summed E-state index contributed by atoms with van der Waals surface area (Å²) >= 11 is 1.49. The number of aromatic nitrogens is 1. The molecule has 0 aromatic carbocycles. The Morgan fingerprint density at radius 2 is 2.19 bits per heavy atom. The molecule has 0 bridgehead atoms. The number of piperidine rings is 1. The van der Waals surface area contributed by atoms with Crippen LogP contribution in [0.1, 0.15) is 36.5 Å². The van der Waals surface area contributed by atoms with E-state index in [2.05, 4.69) is 4.98 Å². The largest absolute Gasteiger partial charge is 0.469 e. The second kappa shape index (κ2) is 7.00. The van der Waals surface area contributed by atoms with Gasteiger partial charge in [-0.1, -0.05) is 0 Å². The maximum atomic E-state index is 12.2. The maximum absolute atomic E-state index is 12.2. The first kappa shape index (κ1) is 15.9. The molecule has 116 valence electrons. The number of amides is 1. The molecule has 1 fully saturated rings. The van der Waals surface area contributed by atoms with Gasteiger partial charge in [-0.15, -0.1) is 11.3 Å². The monoisotopic (exact) mass is 311 g/mol. The molecule has 0 radical (unpaired) electrons. The molecule has 2 heterocycles. The predicted octanol–water partition coefficient (Wildman–Crippen LogP) is 1.12. The van der Waals surface area contributed by atoms with Crippen LogP contribution in [0.5, 0.6) is 0 Å². The summed E-state index contributed by atoms with van der Waals surface area (Å²) in [6, 6.07) is -0.102. The highest BCUT2D eigenvalue weighted by molar-refractivity contribution is 7.09. The lowest BCUT2D eigenvalue weighted by molar-refractivity contribution is -0.148. The van der Waals surface area contributed by atoms with Crippen LogP contribution in [0.4, 0.5) is 0 Å². The number of methoxy groups -OCH3 is 1. The minimum Gasteiger partial charge on any atom is -0.469 e. The van der Waals surface area contributed by atoms with E-state index in [1.165, 1.54) is 18.4 Å². The number of ether oxygens (including phenoxy) is 1. The van der Waals surface area contributed by atoms with Gasteiger partial charge in [-0.3, -0.25) is 9.59 Å². The van der Waals surface area contributed by atoms with Gasteiger partial charge in [-0.2, -0.15) is 0 Å². The molecule has 1 amide bonds. The molecule has 2 N–H and O–H groups in total. The Balaban J connectivity index is 1.85. The van der Waals surface area contributed by atoms with Crippen molar-refractivity contribution in [2.45, 2.75) is 32.2 Å². The Kier molecular flexibility index (Phi) is 5.30. The molecular formula is C14H21N3O3S. The van der Waals surface area contributed by atoms with Gasteiger partial charge in [0.25, 0.3) is 0 Å². The van der Waals surface area contributed by atoms with Crippen molar-refractivity contribution in [3.63, 3.8) is 0 Å². The smallest absolute Gasteiger partial charge is 0.308 e. The number of likely N-dealkylation sites (tertiary alicyclic amines) is 1. The number of nitrogens with zero attached hydrogens (tertiary/aromatic N) is 2. The second-order valence-electron chi connectivity index (χ2n) is 5.32. The summed E-state index contributed by atoms with van der Waals surface area (Å²) in [5.41, 5.74) is 6.54. The molecule has 2 rings (SSSR count). The first-order valence-electron chi connectivity index (χ1n) is 7.06. The van der Waals surface area contributed by atoms with Gasteiger partial charge in [0.05, 0.1) is 31.2 Å². The van der Waals surface area contributed by atoms with Crippen molar-refractivity contribution in [2.75, 3.05) is 20.2 Å². The van der Waals surface area contributed by atoms with E-state index in [4.69, 9.17) is 10.5 Å². The van der Waals surface area contributed by atoms with Gasteiger partial charge in [0.2, 0.25) is 5.91 Å². The number of thiazole rings is 1. The van der Waals surface area contributed by atoms with Crippen molar-refractivity contribution in [1.82, 2.24) is 9.88 Å². The molecule has 6 nitrogen and oxygen atoms in total. The number of carbonyl (C=O) groups is 2. The van der Waals surface area contributed by atoms with E-state index in [9.17, 15) is 9.59 Å². The molecule has 21 heavy (non-hydrogen) atoms. The number of esters is 1. The first-order chi connectivity index (χ1) is 10.0. The Bertz CT molecular complexity index is 507. The van der Waals surface area contributed by atoms with E-state index in [-0.39, 0.29) is 23.8 Å². The van der Waals surface area contributed by atoms with Crippen LogP contribution in [0.3, 0.4) is 0 Å². The fourth-order valence-electron chi connectivity index (χ4n) is 2.41.